The van der Waals surface area contributed by atoms with Gasteiger partial charge in [-0.2, -0.15) is 0 Å². The van der Waals surface area contributed by atoms with E-state index in [9.17, 15) is 5.11 Å². The molecule has 2 atom stereocenters. The fourth-order valence-electron chi connectivity index (χ4n) is 3.20. The van der Waals surface area contributed by atoms with Crippen molar-refractivity contribution in [1.29, 1.82) is 0 Å². The van der Waals surface area contributed by atoms with Gasteiger partial charge in [-0.3, -0.25) is 0 Å². The normalized spacial score (nSPS) is 26.9. The minimum absolute atomic E-state index is 0.0957. The Morgan fingerprint density at radius 3 is 3.06 bits per heavy atom. The molecule has 1 aromatic rings. The first-order valence-corrected chi connectivity index (χ1v) is 7.07. The Morgan fingerprint density at radius 1 is 1.22 bits per heavy atom. The third-order valence-electron chi connectivity index (χ3n) is 4.19. The first kappa shape index (κ1) is 11.9. The molecule has 98 valence electrons. The minimum atomic E-state index is -0.0957. The van der Waals surface area contributed by atoms with Crippen molar-refractivity contribution in [2.75, 3.05) is 11.9 Å². The zero-order chi connectivity index (χ0) is 12.4. The average molecular weight is 247 g/mol. The number of aliphatic hydroxyl groups is 1. The molecule has 1 saturated carbocycles. The van der Waals surface area contributed by atoms with Crippen LogP contribution in [0.25, 0.3) is 0 Å². The van der Waals surface area contributed by atoms with Crippen molar-refractivity contribution in [3.8, 4) is 0 Å². The van der Waals surface area contributed by atoms with E-state index in [2.05, 4.69) is 15.3 Å². The summed E-state index contributed by atoms with van der Waals surface area (Å²) in [4.78, 5) is 8.70. The molecule has 4 nitrogen and oxygen atoms in total. The van der Waals surface area contributed by atoms with Crippen molar-refractivity contribution in [2.24, 2.45) is 5.92 Å². The SMILES string of the molecule is OC1CCCC(CNc2ncnc3c2CCC3)C1. The maximum atomic E-state index is 9.68. The molecule has 2 unspecified atom stereocenters. The summed E-state index contributed by atoms with van der Waals surface area (Å²) in [7, 11) is 0. The zero-order valence-electron chi connectivity index (χ0n) is 10.7. The van der Waals surface area contributed by atoms with Crippen LogP contribution in [-0.2, 0) is 12.8 Å². The third-order valence-corrected chi connectivity index (χ3v) is 4.19. The molecule has 18 heavy (non-hydrogen) atoms. The summed E-state index contributed by atoms with van der Waals surface area (Å²) in [5.41, 5.74) is 2.53. The van der Waals surface area contributed by atoms with Crippen molar-refractivity contribution in [1.82, 2.24) is 9.97 Å². The largest absolute Gasteiger partial charge is 0.393 e. The standard InChI is InChI=1S/C14H21N3O/c18-11-4-1-3-10(7-11)8-15-14-12-5-2-6-13(12)16-9-17-14/h9-11,18H,1-8H2,(H,15,16,17). The van der Waals surface area contributed by atoms with Gasteiger partial charge in [-0.05, 0) is 44.4 Å². The van der Waals surface area contributed by atoms with Gasteiger partial charge in [0.15, 0.2) is 0 Å². The number of nitrogens with one attached hydrogen (secondary N) is 1. The van der Waals surface area contributed by atoms with Crippen LogP contribution < -0.4 is 5.32 Å². The molecule has 1 aromatic heterocycles. The molecular formula is C14H21N3O. The van der Waals surface area contributed by atoms with E-state index >= 15 is 0 Å². The summed E-state index contributed by atoms with van der Waals surface area (Å²) >= 11 is 0. The van der Waals surface area contributed by atoms with Crippen LogP contribution in [0.2, 0.25) is 0 Å². The first-order valence-electron chi connectivity index (χ1n) is 7.07. The number of hydrogen-bond acceptors (Lipinski definition) is 4. The highest BCUT2D eigenvalue weighted by Crippen LogP contribution is 2.27. The van der Waals surface area contributed by atoms with Gasteiger partial charge in [0.05, 0.1) is 6.10 Å². The third kappa shape index (κ3) is 2.48. The Balaban J connectivity index is 1.61. The second-order valence-corrected chi connectivity index (χ2v) is 5.57. The highest BCUT2D eigenvalue weighted by molar-refractivity contribution is 5.47. The molecule has 3 rings (SSSR count). The number of anilines is 1. The lowest BCUT2D eigenvalue weighted by Gasteiger charge is -2.26. The number of nitrogens with zero attached hydrogens (tertiary/aromatic N) is 2. The van der Waals surface area contributed by atoms with Crippen LogP contribution in [0, 0.1) is 5.92 Å². The van der Waals surface area contributed by atoms with Crippen LogP contribution in [0.1, 0.15) is 43.4 Å². The Bertz CT molecular complexity index is 422. The van der Waals surface area contributed by atoms with Crippen LogP contribution in [0.5, 0.6) is 0 Å². The van der Waals surface area contributed by atoms with E-state index in [0.717, 1.165) is 44.5 Å². The van der Waals surface area contributed by atoms with E-state index in [4.69, 9.17) is 0 Å². The molecule has 1 fully saturated rings. The number of hydrogen-bond donors (Lipinski definition) is 2. The van der Waals surface area contributed by atoms with Crippen molar-refractivity contribution in [3.63, 3.8) is 0 Å². The Kier molecular flexibility index (Phi) is 3.46. The fourth-order valence-corrected chi connectivity index (χ4v) is 3.20. The van der Waals surface area contributed by atoms with Gasteiger partial charge >= 0.3 is 0 Å². The molecule has 0 spiro atoms. The summed E-state index contributed by atoms with van der Waals surface area (Å²) in [5.74, 6) is 1.61. The number of aromatic nitrogens is 2. The topological polar surface area (TPSA) is 58.0 Å². The minimum Gasteiger partial charge on any atom is -0.393 e. The van der Waals surface area contributed by atoms with Gasteiger partial charge in [0, 0.05) is 17.8 Å². The maximum absolute atomic E-state index is 9.68. The van der Waals surface area contributed by atoms with Gasteiger partial charge in [-0.15, -0.1) is 0 Å². The van der Waals surface area contributed by atoms with Gasteiger partial charge in [-0.25, -0.2) is 9.97 Å². The van der Waals surface area contributed by atoms with E-state index < -0.39 is 0 Å². The monoisotopic (exact) mass is 247 g/mol. The van der Waals surface area contributed by atoms with Gasteiger partial charge in [0.25, 0.3) is 0 Å². The van der Waals surface area contributed by atoms with E-state index in [1.54, 1.807) is 6.33 Å². The molecule has 0 bridgehead atoms. The van der Waals surface area contributed by atoms with Crippen LogP contribution >= 0.6 is 0 Å². The van der Waals surface area contributed by atoms with Gasteiger partial charge in [0.2, 0.25) is 0 Å². The highest BCUT2D eigenvalue weighted by atomic mass is 16.3. The van der Waals surface area contributed by atoms with E-state index in [0.29, 0.717) is 5.92 Å². The quantitative estimate of drug-likeness (QED) is 0.857. The van der Waals surface area contributed by atoms with Crippen molar-refractivity contribution < 1.29 is 5.11 Å². The molecule has 0 amide bonds. The van der Waals surface area contributed by atoms with Crippen molar-refractivity contribution in [3.05, 3.63) is 17.6 Å². The fraction of sp³-hybridized carbons (Fsp3) is 0.714. The summed E-state index contributed by atoms with van der Waals surface area (Å²) < 4.78 is 0. The summed E-state index contributed by atoms with van der Waals surface area (Å²) in [6.07, 6.45) is 9.24. The van der Waals surface area contributed by atoms with Crippen LogP contribution in [0.3, 0.4) is 0 Å². The van der Waals surface area contributed by atoms with Crippen LogP contribution in [0.4, 0.5) is 5.82 Å². The van der Waals surface area contributed by atoms with Crippen molar-refractivity contribution in [2.45, 2.75) is 51.0 Å². The summed E-state index contributed by atoms with van der Waals surface area (Å²) in [6.45, 7) is 0.931. The van der Waals surface area contributed by atoms with Gasteiger partial charge < -0.3 is 10.4 Å². The lowest BCUT2D eigenvalue weighted by molar-refractivity contribution is 0.104. The number of rotatable bonds is 3. The predicted octanol–water partition coefficient (Wildman–Crippen LogP) is 1.93. The zero-order valence-corrected chi connectivity index (χ0v) is 10.7. The smallest absolute Gasteiger partial charge is 0.132 e. The maximum Gasteiger partial charge on any atom is 0.132 e. The molecule has 2 aliphatic rings. The Morgan fingerprint density at radius 2 is 2.17 bits per heavy atom. The number of aliphatic hydroxyl groups excluding tert-OH is 1. The molecule has 4 heteroatoms. The molecule has 0 aliphatic heterocycles. The van der Waals surface area contributed by atoms with Crippen LogP contribution in [0.15, 0.2) is 6.33 Å². The molecule has 2 aliphatic carbocycles. The molecule has 0 radical (unpaired) electrons. The second-order valence-electron chi connectivity index (χ2n) is 5.57. The predicted molar refractivity (Wildman–Crippen MR) is 70.5 cm³/mol. The lowest BCUT2D eigenvalue weighted by Crippen LogP contribution is -2.25. The summed E-state index contributed by atoms with van der Waals surface area (Å²) in [5, 5.41) is 13.2. The van der Waals surface area contributed by atoms with E-state index in [1.807, 2.05) is 0 Å². The summed E-state index contributed by atoms with van der Waals surface area (Å²) in [6, 6.07) is 0. The van der Waals surface area contributed by atoms with E-state index in [1.165, 1.54) is 24.1 Å². The second kappa shape index (κ2) is 5.22. The van der Waals surface area contributed by atoms with Gasteiger partial charge in [0.1, 0.15) is 12.1 Å². The Labute approximate surface area is 108 Å². The van der Waals surface area contributed by atoms with Crippen LogP contribution in [-0.4, -0.2) is 27.7 Å². The number of aryl methyl sites for hydroxylation is 1. The molecule has 2 N–H and O–H groups in total. The molecule has 0 saturated heterocycles. The highest BCUT2D eigenvalue weighted by Gasteiger charge is 2.21. The first-order chi connectivity index (χ1) is 8.83. The molecule has 1 heterocycles. The number of fused-ring (bicyclic) bond motifs is 1. The molecule has 0 aromatic carbocycles. The lowest BCUT2D eigenvalue weighted by atomic mass is 9.87. The van der Waals surface area contributed by atoms with Gasteiger partial charge in [-0.1, -0.05) is 6.42 Å². The van der Waals surface area contributed by atoms with Crippen molar-refractivity contribution >= 4 is 5.82 Å². The Hall–Kier alpha value is -1.16. The average Bonchev–Trinajstić information content (AvgIpc) is 2.85. The molecular weight excluding hydrogens is 226 g/mol. The van der Waals surface area contributed by atoms with E-state index in [-0.39, 0.29) is 6.10 Å².